The minimum atomic E-state index is -0.625. The molecule has 5 nitrogen and oxygen atoms in total. The quantitative estimate of drug-likeness (QED) is 0.839. The predicted molar refractivity (Wildman–Crippen MR) is 78.7 cm³/mol. The van der Waals surface area contributed by atoms with E-state index in [0.717, 1.165) is 45.1 Å². The van der Waals surface area contributed by atoms with Gasteiger partial charge in [-0.25, -0.2) is 0 Å². The van der Waals surface area contributed by atoms with Crippen molar-refractivity contribution in [1.82, 2.24) is 10.2 Å². The molecule has 118 valence electrons. The number of hydrogen-bond donors (Lipinski definition) is 1. The molecule has 3 rings (SSSR count). The Morgan fingerprint density at radius 3 is 2.52 bits per heavy atom. The van der Waals surface area contributed by atoms with Gasteiger partial charge in [0.15, 0.2) is 0 Å². The highest BCUT2D eigenvalue weighted by Crippen LogP contribution is 2.37. The van der Waals surface area contributed by atoms with Crippen molar-refractivity contribution in [1.29, 1.82) is 0 Å². The zero-order chi connectivity index (χ0) is 15.0. The molecule has 2 amide bonds. The van der Waals surface area contributed by atoms with Crippen LogP contribution < -0.4 is 5.32 Å². The third-order valence-corrected chi connectivity index (χ3v) is 5.19. The fraction of sp³-hybridized carbons (Fsp3) is 0.875. The number of ether oxygens (including phenoxy) is 1. The van der Waals surface area contributed by atoms with Crippen molar-refractivity contribution in [2.45, 2.75) is 70.0 Å². The van der Waals surface area contributed by atoms with Crippen molar-refractivity contribution in [3.05, 3.63) is 0 Å². The zero-order valence-electron chi connectivity index (χ0n) is 13.1. The summed E-state index contributed by atoms with van der Waals surface area (Å²) in [5, 5.41) is 3.07. The largest absolute Gasteiger partial charge is 0.379 e. The number of nitrogens with zero attached hydrogens (tertiary/aromatic N) is 1. The van der Waals surface area contributed by atoms with E-state index >= 15 is 0 Å². The molecule has 0 aromatic carbocycles. The van der Waals surface area contributed by atoms with Crippen molar-refractivity contribution >= 4 is 11.8 Å². The van der Waals surface area contributed by atoms with Gasteiger partial charge in [-0.3, -0.25) is 9.59 Å². The first kappa shape index (κ1) is 14.8. The molecule has 1 spiro atoms. The lowest BCUT2D eigenvalue weighted by atomic mass is 9.85. The summed E-state index contributed by atoms with van der Waals surface area (Å²) in [6.07, 6.45) is 5.52. The van der Waals surface area contributed by atoms with Crippen LogP contribution >= 0.6 is 0 Å². The van der Waals surface area contributed by atoms with Gasteiger partial charge in [0.2, 0.25) is 11.8 Å². The molecule has 5 heteroatoms. The smallest absolute Gasteiger partial charge is 0.249 e. The van der Waals surface area contributed by atoms with Gasteiger partial charge in [0, 0.05) is 6.61 Å². The van der Waals surface area contributed by atoms with E-state index < -0.39 is 5.54 Å². The van der Waals surface area contributed by atoms with Crippen LogP contribution in [-0.4, -0.2) is 47.6 Å². The highest BCUT2D eigenvalue weighted by atomic mass is 16.5. The minimum absolute atomic E-state index is 0.0251. The van der Waals surface area contributed by atoms with Crippen LogP contribution in [0.15, 0.2) is 0 Å². The molecular formula is C16H26N2O3. The van der Waals surface area contributed by atoms with Crippen molar-refractivity contribution in [3.8, 4) is 0 Å². The van der Waals surface area contributed by atoms with Gasteiger partial charge in [0.25, 0.3) is 0 Å². The second-order valence-electron chi connectivity index (χ2n) is 7.05. The Hall–Kier alpha value is -1.10. The van der Waals surface area contributed by atoms with Crippen LogP contribution in [0.4, 0.5) is 0 Å². The maximum Gasteiger partial charge on any atom is 0.249 e. The van der Waals surface area contributed by atoms with Gasteiger partial charge in [-0.2, -0.15) is 0 Å². The third kappa shape index (κ3) is 2.45. The average molecular weight is 294 g/mol. The van der Waals surface area contributed by atoms with E-state index in [2.05, 4.69) is 5.32 Å². The Morgan fingerprint density at radius 1 is 1.24 bits per heavy atom. The van der Waals surface area contributed by atoms with Gasteiger partial charge in [0.1, 0.15) is 11.6 Å². The predicted octanol–water partition coefficient (Wildman–Crippen LogP) is 1.46. The second-order valence-corrected chi connectivity index (χ2v) is 7.05. The summed E-state index contributed by atoms with van der Waals surface area (Å²) >= 11 is 0. The normalized spacial score (nSPS) is 32.8. The number of carbonyl (C=O) groups excluding carboxylic acids is 2. The average Bonchev–Trinajstić information content (AvgIpc) is 2.92. The first-order chi connectivity index (χ1) is 10.1. The molecule has 3 aliphatic rings. The molecule has 0 aromatic rings. The Balaban J connectivity index is 1.92. The van der Waals surface area contributed by atoms with Crippen molar-refractivity contribution in [3.63, 3.8) is 0 Å². The van der Waals surface area contributed by atoms with Gasteiger partial charge in [0.05, 0.1) is 12.6 Å². The molecule has 0 radical (unpaired) electrons. The molecule has 0 bridgehead atoms. The summed E-state index contributed by atoms with van der Waals surface area (Å²) in [5.41, 5.74) is -0.625. The van der Waals surface area contributed by atoms with Gasteiger partial charge >= 0.3 is 0 Å². The molecule has 1 aliphatic carbocycles. The van der Waals surface area contributed by atoms with Crippen LogP contribution in [0.5, 0.6) is 0 Å². The van der Waals surface area contributed by atoms with Crippen LogP contribution in [0.25, 0.3) is 0 Å². The topological polar surface area (TPSA) is 58.6 Å². The van der Waals surface area contributed by atoms with Crippen LogP contribution in [0.2, 0.25) is 0 Å². The van der Waals surface area contributed by atoms with Gasteiger partial charge < -0.3 is 15.0 Å². The molecule has 1 N–H and O–H groups in total. The summed E-state index contributed by atoms with van der Waals surface area (Å²) in [7, 11) is 0. The van der Waals surface area contributed by atoms with Crippen LogP contribution in [0.3, 0.4) is 0 Å². The maximum absolute atomic E-state index is 13.2. The van der Waals surface area contributed by atoms with E-state index in [0.29, 0.717) is 6.61 Å². The number of piperazine rings is 1. The lowest BCUT2D eigenvalue weighted by Gasteiger charge is -2.49. The standard InChI is InChI=1S/C16H26N2O3/c1-11(2)13-14(19)17-16(7-3-4-8-16)15(20)18(13)12-6-5-9-21-10-12/h11-13H,3-10H2,1-2H3,(H,17,19). The van der Waals surface area contributed by atoms with Crippen molar-refractivity contribution in [2.24, 2.45) is 5.92 Å². The molecule has 2 atom stereocenters. The van der Waals surface area contributed by atoms with E-state index in [-0.39, 0.29) is 29.8 Å². The third-order valence-electron chi connectivity index (χ3n) is 5.19. The summed E-state index contributed by atoms with van der Waals surface area (Å²) in [6, 6.07) is -0.294. The second kappa shape index (κ2) is 5.59. The molecule has 3 fully saturated rings. The molecule has 2 saturated heterocycles. The Kier molecular flexibility index (Phi) is 3.95. The summed E-state index contributed by atoms with van der Waals surface area (Å²) < 4.78 is 5.57. The SMILES string of the molecule is CC(C)C1C(=O)NC2(CCCC2)C(=O)N1C1CCCOC1. The maximum atomic E-state index is 13.2. The Morgan fingerprint density at radius 2 is 1.95 bits per heavy atom. The van der Waals surface area contributed by atoms with E-state index in [1.807, 2.05) is 18.7 Å². The Bertz CT molecular complexity index is 423. The fourth-order valence-corrected chi connectivity index (χ4v) is 4.14. The molecular weight excluding hydrogens is 268 g/mol. The van der Waals surface area contributed by atoms with Crippen LogP contribution in [0.1, 0.15) is 52.4 Å². The lowest BCUT2D eigenvalue weighted by molar-refractivity contribution is -0.163. The molecule has 2 aliphatic heterocycles. The number of nitrogens with one attached hydrogen (secondary N) is 1. The highest BCUT2D eigenvalue weighted by Gasteiger charge is 2.54. The number of amides is 2. The number of hydrogen-bond acceptors (Lipinski definition) is 3. The summed E-state index contributed by atoms with van der Waals surface area (Å²) in [6.45, 7) is 5.36. The summed E-state index contributed by atoms with van der Waals surface area (Å²) in [5.74, 6) is 0.278. The molecule has 21 heavy (non-hydrogen) atoms. The van der Waals surface area contributed by atoms with E-state index in [1.54, 1.807) is 0 Å². The van der Waals surface area contributed by atoms with Gasteiger partial charge in [-0.15, -0.1) is 0 Å². The zero-order valence-corrected chi connectivity index (χ0v) is 13.1. The van der Waals surface area contributed by atoms with Crippen LogP contribution in [-0.2, 0) is 14.3 Å². The molecule has 1 saturated carbocycles. The molecule has 2 unspecified atom stereocenters. The monoisotopic (exact) mass is 294 g/mol. The fourth-order valence-electron chi connectivity index (χ4n) is 4.14. The first-order valence-electron chi connectivity index (χ1n) is 8.28. The van der Waals surface area contributed by atoms with E-state index in [9.17, 15) is 9.59 Å². The Labute approximate surface area is 126 Å². The molecule has 2 heterocycles. The van der Waals surface area contributed by atoms with Crippen LogP contribution in [0, 0.1) is 5.92 Å². The highest BCUT2D eigenvalue weighted by molar-refractivity contribution is 6.00. The lowest BCUT2D eigenvalue weighted by Crippen LogP contribution is -2.72. The number of rotatable bonds is 2. The van der Waals surface area contributed by atoms with E-state index in [1.165, 1.54) is 0 Å². The van der Waals surface area contributed by atoms with Gasteiger partial charge in [-0.1, -0.05) is 26.7 Å². The minimum Gasteiger partial charge on any atom is -0.379 e. The molecule has 0 aromatic heterocycles. The summed E-state index contributed by atoms with van der Waals surface area (Å²) in [4.78, 5) is 27.7. The number of carbonyl (C=O) groups is 2. The van der Waals surface area contributed by atoms with Gasteiger partial charge in [-0.05, 0) is 31.6 Å². The van der Waals surface area contributed by atoms with E-state index in [4.69, 9.17) is 4.74 Å². The van der Waals surface area contributed by atoms with Crippen molar-refractivity contribution in [2.75, 3.05) is 13.2 Å². The first-order valence-corrected chi connectivity index (χ1v) is 8.28. The van der Waals surface area contributed by atoms with Crippen molar-refractivity contribution < 1.29 is 14.3 Å².